The quantitative estimate of drug-likeness (QED) is 0.0199. The number of nitrogens with one attached hydrogen (secondary N) is 1. The minimum absolute atomic E-state index is 0.239. The third-order valence-corrected chi connectivity index (χ3v) is 18.0. The van der Waals surface area contributed by atoms with Crippen molar-refractivity contribution in [3.63, 3.8) is 0 Å². The normalized spacial score (nSPS) is 28.5. The van der Waals surface area contributed by atoms with E-state index in [2.05, 4.69) is 31.3 Å². The van der Waals surface area contributed by atoms with Crippen LogP contribution in [0.25, 0.3) is 0 Å². The molecule has 0 bridgehead atoms. The van der Waals surface area contributed by atoms with Crippen LogP contribution in [-0.4, -0.2) is 193 Å². The van der Waals surface area contributed by atoms with Crippen LogP contribution in [0.2, 0.25) is 0 Å². The number of ether oxygens (including phenoxy) is 6. The van der Waals surface area contributed by atoms with Crippen molar-refractivity contribution in [2.24, 2.45) is 0 Å². The van der Waals surface area contributed by atoms with Crippen LogP contribution in [-0.2, 0) is 33.2 Å². The van der Waals surface area contributed by atoms with E-state index < -0.39 is 124 Å². The molecule has 0 spiro atoms. The Labute approximate surface area is 530 Å². The van der Waals surface area contributed by atoms with Crippen molar-refractivity contribution in [3.8, 4) is 0 Å². The summed E-state index contributed by atoms with van der Waals surface area (Å²) in [7, 11) is 0. The summed E-state index contributed by atoms with van der Waals surface area (Å²) in [6.45, 7) is 1.73. The lowest BCUT2D eigenvalue weighted by Crippen LogP contribution is -2.66. The highest BCUT2D eigenvalue weighted by atomic mass is 16.8. The van der Waals surface area contributed by atoms with Gasteiger partial charge in [-0.2, -0.15) is 0 Å². The number of rotatable bonds is 55. The van der Waals surface area contributed by atoms with Gasteiger partial charge in [0.2, 0.25) is 5.91 Å². The van der Waals surface area contributed by atoms with Crippen molar-refractivity contribution >= 4 is 5.91 Å². The summed E-state index contributed by atoms with van der Waals surface area (Å²) in [6.07, 6.45) is 31.9. The van der Waals surface area contributed by atoms with Gasteiger partial charge in [0, 0.05) is 6.42 Å². The Bertz CT molecular complexity index is 1690. The second-order valence-electron chi connectivity index (χ2n) is 25.7. The van der Waals surface area contributed by atoms with Gasteiger partial charge in [-0.25, -0.2) is 0 Å². The summed E-state index contributed by atoms with van der Waals surface area (Å²) in [5.74, 6) is -0.283. The van der Waals surface area contributed by atoms with Crippen LogP contribution in [0.4, 0.5) is 0 Å². The number of aliphatic hydroxyl groups is 11. The van der Waals surface area contributed by atoms with E-state index in [-0.39, 0.29) is 18.9 Å². The predicted octanol–water partition coefficient (Wildman–Crippen LogP) is 9.44. The summed E-state index contributed by atoms with van der Waals surface area (Å²) in [5.41, 5.74) is 0. The SMILES string of the molecule is CCCCCCCCCCCCCCCCCCCCCCCCCCC/C=C/CC/C=C/C(O)C(COC1OC(CO)C(OC2OC(CO)C(OC3OC(CO)C(O)C(O)C3O)C(O)C2O)C(O)C1O)NC(=O)CCCCCCCCCCCCCC. The zero-order valence-corrected chi connectivity index (χ0v) is 54.7. The molecule has 0 radical (unpaired) electrons. The molecular formula is C69H129NO18. The fourth-order valence-electron chi connectivity index (χ4n) is 12.2. The van der Waals surface area contributed by atoms with Gasteiger partial charge < -0.3 is 89.9 Å². The molecule has 0 saturated carbocycles. The van der Waals surface area contributed by atoms with Crippen LogP contribution in [0.5, 0.6) is 0 Å². The molecule has 17 unspecified atom stereocenters. The zero-order valence-electron chi connectivity index (χ0n) is 54.7. The molecule has 1 amide bonds. The number of carbonyl (C=O) groups is 1. The first-order chi connectivity index (χ1) is 42.8. The minimum atomic E-state index is -1.98. The second kappa shape index (κ2) is 51.7. The van der Waals surface area contributed by atoms with Gasteiger partial charge in [0.05, 0.1) is 38.6 Å². The van der Waals surface area contributed by atoms with Crippen molar-refractivity contribution in [3.05, 3.63) is 24.3 Å². The second-order valence-corrected chi connectivity index (χ2v) is 25.7. The van der Waals surface area contributed by atoms with Gasteiger partial charge in [-0.1, -0.05) is 263 Å². The number of allylic oxidation sites excluding steroid dienone is 3. The number of amides is 1. The van der Waals surface area contributed by atoms with Gasteiger partial charge in [-0.05, 0) is 32.1 Å². The largest absolute Gasteiger partial charge is 0.394 e. The first-order valence-electron chi connectivity index (χ1n) is 35.6. The van der Waals surface area contributed by atoms with E-state index in [9.17, 15) is 61.0 Å². The van der Waals surface area contributed by atoms with Crippen LogP contribution in [0, 0.1) is 0 Å². The first-order valence-corrected chi connectivity index (χ1v) is 35.6. The Morgan fingerprint density at radius 1 is 0.398 bits per heavy atom. The van der Waals surface area contributed by atoms with Crippen LogP contribution in [0.1, 0.15) is 277 Å². The van der Waals surface area contributed by atoms with Crippen molar-refractivity contribution in [2.45, 2.75) is 381 Å². The Morgan fingerprint density at radius 2 is 0.727 bits per heavy atom. The lowest BCUT2D eigenvalue weighted by atomic mass is 9.96. The van der Waals surface area contributed by atoms with Crippen molar-refractivity contribution in [1.29, 1.82) is 0 Å². The summed E-state index contributed by atoms with van der Waals surface area (Å²) >= 11 is 0. The standard InChI is InChI=1S/C69H129NO18/c1-3-5-7-9-11-13-15-17-18-19-20-21-22-23-24-25-26-27-28-29-30-31-32-33-34-35-36-38-40-42-44-46-53(74)52(70-57(75)47-45-43-41-39-37-16-14-12-10-8-6-4-2)51-83-67-63(81)60(78)65(55(49-72)85-67)88-69-64(82)61(79)66(56(50-73)86-69)87-68-62(80)59(77)58(76)54(48-71)84-68/h36,38,44,46,52-56,58-69,71-74,76-82H,3-35,37,39-43,45,47-51H2,1-2H3,(H,70,75)/b38-36+,46-44+. The summed E-state index contributed by atoms with van der Waals surface area (Å²) in [6, 6.07) is -0.986. The van der Waals surface area contributed by atoms with Gasteiger partial charge in [-0.3, -0.25) is 4.79 Å². The van der Waals surface area contributed by atoms with E-state index in [4.69, 9.17) is 28.4 Å². The molecular weight excluding hydrogens is 1130 g/mol. The molecule has 3 fully saturated rings. The number of hydrogen-bond acceptors (Lipinski definition) is 18. The smallest absolute Gasteiger partial charge is 0.220 e. The van der Waals surface area contributed by atoms with Crippen molar-refractivity contribution < 1.29 is 89.4 Å². The first kappa shape index (κ1) is 80.5. The Balaban J connectivity index is 1.39. The Hall–Kier alpha value is -1.73. The molecule has 19 nitrogen and oxygen atoms in total. The molecule has 0 aromatic carbocycles. The summed E-state index contributed by atoms with van der Waals surface area (Å²) < 4.78 is 34.3. The number of unbranched alkanes of at least 4 members (excludes halogenated alkanes) is 37. The van der Waals surface area contributed by atoms with E-state index in [0.717, 1.165) is 38.5 Å². The summed E-state index contributed by atoms with van der Waals surface area (Å²) in [4.78, 5) is 13.3. The van der Waals surface area contributed by atoms with Crippen LogP contribution in [0.15, 0.2) is 24.3 Å². The molecule has 3 saturated heterocycles. The average molecular weight is 1260 g/mol. The fourth-order valence-corrected chi connectivity index (χ4v) is 12.2. The molecule has 3 rings (SSSR count). The summed E-state index contributed by atoms with van der Waals surface area (Å²) in [5, 5.41) is 120. The van der Waals surface area contributed by atoms with Gasteiger partial charge in [0.15, 0.2) is 18.9 Å². The fraction of sp³-hybridized carbons (Fsp3) is 0.928. The van der Waals surface area contributed by atoms with Crippen LogP contribution < -0.4 is 5.32 Å². The third-order valence-electron chi connectivity index (χ3n) is 18.0. The monoisotopic (exact) mass is 1260 g/mol. The molecule has 3 aliphatic rings. The predicted molar refractivity (Wildman–Crippen MR) is 342 cm³/mol. The van der Waals surface area contributed by atoms with E-state index >= 15 is 0 Å². The molecule has 0 aromatic rings. The number of hydrogen-bond donors (Lipinski definition) is 12. The molecule has 12 N–H and O–H groups in total. The molecule has 518 valence electrons. The van der Waals surface area contributed by atoms with Crippen molar-refractivity contribution in [2.75, 3.05) is 26.4 Å². The maximum absolute atomic E-state index is 13.3. The molecule has 3 aliphatic heterocycles. The van der Waals surface area contributed by atoms with E-state index in [1.165, 1.54) is 205 Å². The topological polar surface area (TPSA) is 307 Å². The van der Waals surface area contributed by atoms with E-state index in [0.29, 0.717) is 12.8 Å². The van der Waals surface area contributed by atoms with Gasteiger partial charge >= 0.3 is 0 Å². The molecule has 88 heavy (non-hydrogen) atoms. The lowest BCUT2D eigenvalue weighted by Gasteiger charge is -2.48. The highest BCUT2D eigenvalue weighted by Gasteiger charge is 2.53. The maximum atomic E-state index is 13.3. The highest BCUT2D eigenvalue weighted by Crippen LogP contribution is 2.33. The Morgan fingerprint density at radius 3 is 1.14 bits per heavy atom. The third kappa shape index (κ3) is 33.4. The minimum Gasteiger partial charge on any atom is -0.394 e. The van der Waals surface area contributed by atoms with E-state index in [1.807, 2.05) is 6.08 Å². The van der Waals surface area contributed by atoms with Crippen LogP contribution >= 0.6 is 0 Å². The highest BCUT2D eigenvalue weighted by molar-refractivity contribution is 5.76. The zero-order chi connectivity index (χ0) is 64.0. The molecule has 0 aliphatic carbocycles. The van der Waals surface area contributed by atoms with Gasteiger partial charge in [0.1, 0.15) is 73.2 Å². The van der Waals surface area contributed by atoms with E-state index in [1.54, 1.807) is 6.08 Å². The molecule has 17 atom stereocenters. The number of aliphatic hydroxyl groups excluding tert-OH is 11. The van der Waals surface area contributed by atoms with Gasteiger partial charge in [-0.15, -0.1) is 0 Å². The lowest BCUT2D eigenvalue weighted by molar-refractivity contribution is -0.379. The molecule has 0 aromatic heterocycles. The molecule has 3 heterocycles. The van der Waals surface area contributed by atoms with Gasteiger partial charge in [0.25, 0.3) is 0 Å². The maximum Gasteiger partial charge on any atom is 0.220 e. The van der Waals surface area contributed by atoms with Crippen molar-refractivity contribution in [1.82, 2.24) is 5.32 Å². The number of carbonyl (C=O) groups excluding carboxylic acids is 1. The van der Waals surface area contributed by atoms with Crippen LogP contribution in [0.3, 0.4) is 0 Å². The Kier molecular flexibility index (Phi) is 47.3. The molecule has 19 heteroatoms. The average Bonchev–Trinajstić information content (AvgIpc) is 1.99.